The lowest BCUT2D eigenvalue weighted by Crippen LogP contribution is -2.22. The van der Waals surface area contributed by atoms with Crippen LogP contribution in [-0.4, -0.2) is 0 Å². The molecule has 0 fully saturated rings. The van der Waals surface area contributed by atoms with Crippen LogP contribution in [0.2, 0.25) is 5.02 Å². The predicted octanol–water partition coefficient (Wildman–Crippen LogP) is 4.65. The molecule has 0 aliphatic heterocycles. The van der Waals surface area contributed by atoms with Crippen LogP contribution in [0.3, 0.4) is 0 Å². The van der Waals surface area contributed by atoms with Gasteiger partial charge in [-0.25, -0.2) is 0 Å². The summed E-state index contributed by atoms with van der Waals surface area (Å²) in [6, 6.07) is 12.3. The number of hydrogen-bond acceptors (Lipinski definition) is 2. The second kappa shape index (κ2) is 5.59. The van der Waals surface area contributed by atoms with E-state index in [2.05, 4.69) is 25.2 Å². The third kappa shape index (κ3) is 3.15. The normalized spacial score (nSPS) is 14.4. The average Bonchev–Trinajstić information content (AvgIpc) is 2.76. The molecule has 1 aromatic carbocycles. The highest BCUT2D eigenvalue weighted by Gasteiger charge is 2.13. The highest BCUT2D eigenvalue weighted by molar-refractivity contribution is 6.30. The minimum atomic E-state index is 0.174. The average molecular weight is 264 g/mol. The van der Waals surface area contributed by atoms with Gasteiger partial charge in [-0.3, -0.25) is 0 Å². The van der Waals surface area contributed by atoms with Gasteiger partial charge in [-0.1, -0.05) is 23.7 Å². The van der Waals surface area contributed by atoms with E-state index < -0.39 is 0 Å². The van der Waals surface area contributed by atoms with Crippen LogP contribution in [-0.2, 0) is 0 Å². The highest BCUT2D eigenvalue weighted by Crippen LogP contribution is 2.22. The fourth-order valence-corrected chi connectivity index (χ4v) is 2.21. The molecule has 2 aromatic rings. The first kappa shape index (κ1) is 13.2. The molecule has 96 valence electrons. The van der Waals surface area contributed by atoms with Crippen molar-refractivity contribution in [3.63, 3.8) is 0 Å². The summed E-state index contributed by atoms with van der Waals surface area (Å²) in [6.45, 7) is 6.17. The molecule has 1 N–H and O–H groups in total. The molecule has 0 radical (unpaired) electrons. The fourth-order valence-electron chi connectivity index (χ4n) is 2.02. The zero-order chi connectivity index (χ0) is 13.1. The SMILES string of the molecule is Cc1ccc(C(C)N[C@H](C)c2cccc(Cl)c2)o1. The molecule has 1 unspecified atom stereocenters. The van der Waals surface area contributed by atoms with E-state index in [1.165, 1.54) is 5.56 Å². The molecule has 0 aliphatic carbocycles. The summed E-state index contributed by atoms with van der Waals surface area (Å²) in [6.07, 6.45) is 0. The second-order valence-electron chi connectivity index (χ2n) is 4.61. The fraction of sp³-hybridized carbons (Fsp3) is 0.333. The van der Waals surface area contributed by atoms with Gasteiger partial charge in [-0.2, -0.15) is 0 Å². The lowest BCUT2D eigenvalue weighted by Gasteiger charge is -2.19. The van der Waals surface area contributed by atoms with Gasteiger partial charge in [0.1, 0.15) is 11.5 Å². The van der Waals surface area contributed by atoms with E-state index in [1.54, 1.807) is 0 Å². The Balaban J connectivity index is 2.05. The maximum Gasteiger partial charge on any atom is 0.120 e. The Morgan fingerprint density at radius 2 is 1.89 bits per heavy atom. The number of benzene rings is 1. The van der Waals surface area contributed by atoms with Crippen molar-refractivity contribution in [3.8, 4) is 0 Å². The van der Waals surface area contributed by atoms with E-state index in [4.69, 9.17) is 16.0 Å². The largest absolute Gasteiger partial charge is 0.465 e. The topological polar surface area (TPSA) is 25.2 Å². The molecule has 2 nitrogen and oxygen atoms in total. The monoisotopic (exact) mass is 263 g/mol. The van der Waals surface area contributed by atoms with Gasteiger partial charge in [0, 0.05) is 11.1 Å². The van der Waals surface area contributed by atoms with Crippen LogP contribution in [0, 0.1) is 6.92 Å². The summed E-state index contributed by atoms with van der Waals surface area (Å²) in [4.78, 5) is 0. The zero-order valence-electron chi connectivity index (χ0n) is 10.9. The molecule has 0 aliphatic rings. The van der Waals surface area contributed by atoms with Gasteiger partial charge >= 0.3 is 0 Å². The maximum atomic E-state index is 6.00. The number of nitrogens with one attached hydrogen (secondary N) is 1. The van der Waals surface area contributed by atoms with E-state index >= 15 is 0 Å². The van der Waals surface area contributed by atoms with Crippen molar-refractivity contribution in [1.29, 1.82) is 0 Å². The maximum absolute atomic E-state index is 6.00. The molecular weight excluding hydrogens is 246 g/mol. The molecule has 2 atom stereocenters. The first-order valence-corrected chi connectivity index (χ1v) is 6.52. The van der Waals surface area contributed by atoms with Crippen LogP contribution < -0.4 is 5.32 Å². The van der Waals surface area contributed by atoms with Crippen molar-refractivity contribution in [2.75, 3.05) is 0 Å². The zero-order valence-corrected chi connectivity index (χ0v) is 11.7. The summed E-state index contributed by atoms with van der Waals surface area (Å²) in [5.74, 6) is 1.90. The van der Waals surface area contributed by atoms with Crippen molar-refractivity contribution in [2.24, 2.45) is 0 Å². The van der Waals surface area contributed by atoms with Crippen molar-refractivity contribution >= 4 is 11.6 Å². The van der Waals surface area contributed by atoms with Gasteiger partial charge < -0.3 is 9.73 Å². The molecule has 2 rings (SSSR count). The highest BCUT2D eigenvalue weighted by atomic mass is 35.5. The van der Waals surface area contributed by atoms with Crippen LogP contribution in [0.4, 0.5) is 0 Å². The van der Waals surface area contributed by atoms with E-state index in [1.807, 2.05) is 37.3 Å². The second-order valence-corrected chi connectivity index (χ2v) is 5.05. The number of rotatable bonds is 4. The van der Waals surface area contributed by atoms with Gasteiger partial charge in [0.25, 0.3) is 0 Å². The Hall–Kier alpha value is -1.25. The number of aryl methyl sites for hydroxylation is 1. The Labute approximate surface area is 113 Å². The third-order valence-corrected chi connectivity index (χ3v) is 3.27. The Kier molecular flexibility index (Phi) is 4.10. The summed E-state index contributed by atoms with van der Waals surface area (Å²) in [5.41, 5.74) is 1.18. The van der Waals surface area contributed by atoms with E-state index in [0.29, 0.717) is 0 Å². The van der Waals surface area contributed by atoms with Gasteiger partial charge in [-0.15, -0.1) is 0 Å². The number of halogens is 1. The van der Waals surface area contributed by atoms with Crippen molar-refractivity contribution in [3.05, 3.63) is 58.5 Å². The lowest BCUT2D eigenvalue weighted by atomic mass is 10.1. The minimum Gasteiger partial charge on any atom is -0.465 e. The van der Waals surface area contributed by atoms with Gasteiger partial charge in [-0.05, 0) is 50.6 Å². The molecule has 3 heteroatoms. The summed E-state index contributed by atoms with van der Waals surface area (Å²) >= 11 is 6.00. The molecule has 1 aromatic heterocycles. The molecule has 0 saturated carbocycles. The van der Waals surface area contributed by atoms with E-state index in [9.17, 15) is 0 Å². The quantitative estimate of drug-likeness (QED) is 0.868. The van der Waals surface area contributed by atoms with E-state index in [-0.39, 0.29) is 12.1 Å². The molecule has 18 heavy (non-hydrogen) atoms. The van der Waals surface area contributed by atoms with Crippen molar-refractivity contribution in [2.45, 2.75) is 32.9 Å². The molecule has 0 bridgehead atoms. The Morgan fingerprint density at radius 3 is 2.50 bits per heavy atom. The van der Waals surface area contributed by atoms with Gasteiger partial charge in [0.05, 0.1) is 6.04 Å². The molecule has 1 heterocycles. The van der Waals surface area contributed by atoms with Crippen LogP contribution in [0.15, 0.2) is 40.8 Å². The van der Waals surface area contributed by atoms with Crippen molar-refractivity contribution < 1.29 is 4.42 Å². The smallest absolute Gasteiger partial charge is 0.120 e. The first-order chi connectivity index (χ1) is 8.56. The summed E-state index contributed by atoms with van der Waals surface area (Å²) in [5, 5.41) is 4.27. The van der Waals surface area contributed by atoms with Crippen molar-refractivity contribution in [1.82, 2.24) is 5.32 Å². The molecule has 0 spiro atoms. The van der Waals surface area contributed by atoms with E-state index in [0.717, 1.165) is 16.5 Å². The Bertz CT molecular complexity index is 521. The molecule has 0 saturated heterocycles. The summed E-state index contributed by atoms with van der Waals surface area (Å²) in [7, 11) is 0. The van der Waals surface area contributed by atoms with Crippen LogP contribution >= 0.6 is 11.6 Å². The standard InChI is InChI=1S/C15H18ClNO/c1-10-7-8-15(18-10)12(3)17-11(2)13-5-4-6-14(16)9-13/h4-9,11-12,17H,1-3H3/t11-,12?/m1/s1. The third-order valence-electron chi connectivity index (χ3n) is 3.04. The molecular formula is C15H18ClNO. The van der Waals surface area contributed by atoms with Crippen LogP contribution in [0.25, 0.3) is 0 Å². The predicted molar refractivity (Wildman–Crippen MR) is 74.9 cm³/mol. The lowest BCUT2D eigenvalue weighted by molar-refractivity contribution is 0.392. The Morgan fingerprint density at radius 1 is 1.11 bits per heavy atom. The van der Waals surface area contributed by atoms with Crippen LogP contribution in [0.1, 0.15) is 43.0 Å². The molecule has 0 amide bonds. The minimum absolute atomic E-state index is 0.174. The van der Waals surface area contributed by atoms with Crippen LogP contribution in [0.5, 0.6) is 0 Å². The van der Waals surface area contributed by atoms with Gasteiger partial charge in [0.2, 0.25) is 0 Å². The number of furan rings is 1. The van der Waals surface area contributed by atoms with Gasteiger partial charge in [0.15, 0.2) is 0 Å². The first-order valence-electron chi connectivity index (χ1n) is 6.14. The summed E-state index contributed by atoms with van der Waals surface area (Å²) < 4.78 is 5.62. The number of hydrogen-bond donors (Lipinski definition) is 1.